The molecule has 0 bridgehead atoms. The van der Waals surface area contributed by atoms with E-state index >= 15 is 0 Å². The summed E-state index contributed by atoms with van der Waals surface area (Å²) in [6.45, 7) is 7.85. The van der Waals surface area contributed by atoms with Gasteiger partial charge in [-0.15, -0.1) is 0 Å². The van der Waals surface area contributed by atoms with Gasteiger partial charge in [0.2, 0.25) is 0 Å². The van der Waals surface area contributed by atoms with Gasteiger partial charge in [-0.05, 0) is 77.5 Å². The van der Waals surface area contributed by atoms with Gasteiger partial charge in [-0.2, -0.15) is 0 Å². The Kier molecular flexibility index (Phi) is 6.24. The molecule has 1 fully saturated rings. The Balaban J connectivity index is 2.27. The van der Waals surface area contributed by atoms with Crippen LogP contribution in [0.2, 0.25) is 0 Å². The number of hydrogen-bond donors (Lipinski definition) is 1. The number of benzene rings is 1. The topological polar surface area (TPSA) is 12.0 Å². The number of rotatable bonds is 5. The Morgan fingerprint density at radius 3 is 2.52 bits per heavy atom. The molecule has 0 heterocycles. The zero-order chi connectivity index (χ0) is 15.4. The van der Waals surface area contributed by atoms with Crippen LogP contribution in [0, 0.1) is 23.6 Å². The van der Waals surface area contributed by atoms with E-state index in [9.17, 15) is 4.39 Å². The van der Waals surface area contributed by atoms with Crippen LogP contribution in [0.25, 0.3) is 0 Å². The van der Waals surface area contributed by atoms with Gasteiger partial charge in [-0.25, -0.2) is 4.39 Å². The highest BCUT2D eigenvalue weighted by Crippen LogP contribution is 2.41. The minimum atomic E-state index is -0.160. The first-order valence-corrected chi connectivity index (χ1v) is 8.99. The van der Waals surface area contributed by atoms with Gasteiger partial charge < -0.3 is 5.32 Å². The van der Waals surface area contributed by atoms with Crippen molar-refractivity contribution in [2.24, 2.45) is 17.8 Å². The van der Waals surface area contributed by atoms with Crippen molar-refractivity contribution in [3.63, 3.8) is 0 Å². The van der Waals surface area contributed by atoms with Crippen LogP contribution in [-0.4, -0.2) is 6.54 Å². The van der Waals surface area contributed by atoms with Crippen LogP contribution >= 0.6 is 15.9 Å². The normalized spacial score (nSPS) is 27.6. The lowest BCUT2D eigenvalue weighted by molar-refractivity contribution is 0.176. The molecule has 1 aromatic rings. The Bertz CT molecular complexity index is 453. The molecule has 1 aliphatic carbocycles. The van der Waals surface area contributed by atoms with E-state index in [4.69, 9.17) is 0 Å². The molecule has 1 nitrogen and oxygen atoms in total. The van der Waals surface area contributed by atoms with Crippen molar-refractivity contribution in [3.8, 4) is 0 Å². The molecule has 1 saturated carbocycles. The van der Waals surface area contributed by atoms with Crippen LogP contribution in [0.5, 0.6) is 0 Å². The smallest absolute Gasteiger partial charge is 0.137 e. The molecule has 3 unspecified atom stereocenters. The average Bonchev–Trinajstić information content (AvgIpc) is 2.42. The van der Waals surface area contributed by atoms with Gasteiger partial charge in [-0.3, -0.25) is 0 Å². The molecular weight excluding hydrogens is 329 g/mol. The van der Waals surface area contributed by atoms with Crippen molar-refractivity contribution in [1.82, 2.24) is 5.32 Å². The fourth-order valence-electron chi connectivity index (χ4n) is 3.87. The first kappa shape index (κ1) is 17.0. The summed E-state index contributed by atoms with van der Waals surface area (Å²) in [6.07, 6.45) is 4.88. The Morgan fingerprint density at radius 1 is 1.24 bits per heavy atom. The molecule has 0 spiro atoms. The van der Waals surface area contributed by atoms with Gasteiger partial charge in [-0.1, -0.05) is 32.9 Å². The summed E-state index contributed by atoms with van der Waals surface area (Å²) in [6, 6.07) is 5.66. The Hall–Kier alpha value is -0.410. The first-order valence-electron chi connectivity index (χ1n) is 8.20. The summed E-state index contributed by atoms with van der Waals surface area (Å²) < 4.78 is 14.5. The van der Waals surface area contributed by atoms with Crippen LogP contribution in [0.15, 0.2) is 22.7 Å². The summed E-state index contributed by atoms with van der Waals surface area (Å²) in [5.41, 5.74) is 1.08. The summed E-state index contributed by atoms with van der Waals surface area (Å²) in [5, 5.41) is 3.67. The highest BCUT2D eigenvalue weighted by molar-refractivity contribution is 9.10. The fourth-order valence-corrected chi connectivity index (χ4v) is 4.38. The molecule has 0 aliphatic heterocycles. The van der Waals surface area contributed by atoms with Crippen LogP contribution in [-0.2, 0) is 0 Å². The number of halogens is 2. The molecule has 21 heavy (non-hydrogen) atoms. The van der Waals surface area contributed by atoms with E-state index in [0.717, 1.165) is 30.4 Å². The van der Waals surface area contributed by atoms with Gasteiger partial charge in [0.1, 0.15) is 5.82 Å². The monoisotopic (exact) mass is 355 g/mol. The molecule has 0 amide bonds. The van der Waals surface area contributed by atoms with Gasteiger partial charge in [0.25, 0.3) is 0 Å². The number of nitrogens with one attached hydrogen (secondary N) is 1. The average molecular weight is 356 g/mol. The quantitative estimate of drug-likeness (QED) is 0.713. The molecule has 3 atom stereocenters. The molecule has 2 rings (SSSR count). The molecule has 1 aliphatic rings. The SMILES string of the molecule is CCCNC(c1cccc(F)c1Br)C1CC(C)CC(C)C1. The lowest BCUT2D eigenvalue weighted by atomic mass is 9.72. The fraction of sp³-hybridized carbons (Fsp3) is 0.667. The van der Waals surface area contributed by atoms with E-state index in [1.807, 2.05) is 6.07 Å². The second-order valence-electron chi connectivity index (χ2n) is 6.75. The first-order chi connectivity index (χ1) is 10.0. The molecule has 0 saturated heterocycles. The summed E-state index contributed by atoms with van der Waals surface area (Å²) in [4.78, 5) is 0. The summed E-state index contributed by atoms with van der Waals surface area (Å²) in [5.74, 6) is 1.95. The second kappa shape index (κ2) is 7.73. The molecule has 0 radical (unpaired) electrons. The largest absolute Gasteiger partial charge is 0.310 e. The third-order valence-corrected chi connectivity index (χ3v) is 5.45. The van der Waals surface area contributed by atoms with Crippen molar-refractivity contribution in [2.45, 2.75) is 52.5 Å². The van der Waals surface area contributed by atoms with E-state index in [1.165, 1.54) is 25.3 Å². The molecular formula is C18H27BrFN. The maximum Gasteiger partial charge on any atom is 0.137 e. The zero-order valence-corrected chi connectivity index (χ0v) is 14.9. The summed E-state index contributed by atoms with van der Waals surface area (Å²) >= 11 is 3.45. The van der Waals surface area contributed by atoms with Gasteiger partial charge in [0.15, 0.2) is 0 Å². The Labute approximate surface area is 136 Å². The van der Waals surface area contributed by atoms with Crippen molar-refractivity contribution in [2.75, 3.05) is 6.54 Å². The lowest BCUT2D eigenvalue weighted by Gasteiger charge is -2.37. The van der Waals surface area contributed by atoms with Crippen LogP contribution in [0.3, 0.4) is 0 Å². The minimum Gasteiger partial charge on any atom is -0.310 e. The third-order valence-electron chi connectivity index (χ3n) is 4.62. The highest BCUT2D eigenvalue weighted by Gasteiger charge is 2.31. The molecule has 3 heteroatoms. The van der Waals surface area contributed by atoms with Crippen molar-refractivity contribution >= 4 is 15.9 Å². The van der Waals surface area contributed by atoms with E-state index in [-0.39, 0.29) is 11.9 Å². The third kappa shape index (κ3) is 4.29. The maximum atomic E-state index is 13.9. The molecule has 1 N–H and O–H groups in total. The van der Waals surface area contributed by atoms with Crippen LogP contribution in [0.4, 0.5) is 4.39 Å². The lowest BCUT2D eigenvalue weighted by Crippen LogP contribution is -2.34. The van der Waals surface area contributed by atoms with Crippen LogP contribution in [0.1, 0.15) is 58.1 Å². The standard InChI is InChI=1S/C18H27BrFN/c1-4-8-21-18(14-10-12(2)9-13(3)11-14)15-6-5-7-16(20)17(15)19/h5-7,12-14,18,21H,4,8-11H2,1-3H3. The minimum absolute atomic E-state index is 0.160. The van der Waals surface area contributed by atoms with Crippen molar-refractivity contribution in [3.05, 3.63) is 34.1 Å². The maximum absolute atomic E-state index is 13.9. The molecule has 0 aromatic heterocycles. The Morgan fingerprint density at radius 2 is 1.90 bits per heavy atom. The van der Waals surface area contributed by atoms with E-state index in [1.54, 1.807) is 0 Å². The van der Waals surface area contributed by atoms with Crippen LogP contribution < -0.4 is 5.32 Å². The van der Waals surface area contributed by atoms with Gasteiger partial charge in [0, 0.05) is 6.04 Å². The number of hydrogen-bond acceptors (Lipinski definition) is 1. The second-order valence-corrected chi connectivity index (χ2v) is 7.55. The summed E-state index contributed by atoms with van der Waals surface area (Å²) in [7, 11) is 0. The predicted molar refractivity (Wildman–Crippen MR) is 90.8 cm³/mol. The van der Waals surface area contributed by atoms with Crippen molar-refractivity contribution < 1.29 is 4.39 Å². The highest BCUT2D eigenvalue weighted by atomic mass is 79.9. The van der Waals surface area contributed by atoms with Crippen molar-refractivity contribution in [1.29, 1.82) is 0 Å². The zero-order valence-electron chi connectivity index (χ0n) is 13.3. The van der Waals surface area contributed by atoms with E-state index < -0.39 is 0 Å². The molecule has 118 valence electrons. The molecule has 1 aromatic carbocycles. The van der Waals surface area contributed by atoms with E-state index in [2.05, 4.69) is 48.1 Å². The van der Waals surface area contributed by atoms with Gasteiger partial charge in [0.05, 0.1) is 4.47 Å². The predicted octanol–water partition coefficient (Wildman–Crippen LogP) is 5.70. The van der Waals surface area contributed by atoms with Gasteiger partial charge >= 0.3 is 0 Å². The van der Waals surface area contributed by atoms with E-state index in [0.29, 0.717) is 10.4 Å².